The Morgan fingerprint density at radius 3 is 2.51 bits per heavy atom. The third-order valence-electron chi connectivity index (χ3n) is 8.48. The van der Waals surface area contributed by atoms with Gasteiger partial charge in [0, 0.05) is 37.2 Å². The second kappa shape index (κ2) is 13.2. The molecule has 2 fully saturated rings. The molecule has 2 aromatic carbocycles. The number of hydrogen-bond acceptors (Lipinski definition) is 6. The Balaban J connectivity index is 1.49. The largest absolute Gasteiger partial charge is 0.354 e. The van der Waals surface area contributed by atoms with Crippen molar-refractivity contribution in [3.05, 3.63) is 95.6 Å². The van der Waals surface area contributed by atoms with Gasteiger partial charge in [-0.15, -0.1) is 0 Å². The number of anilines is 1. The highest BCUT2D eigenvalue weighted by Gasteiger charge is 2.46. The fourth-order valence-corrected chi connectivity index (χ4v) is 5.94. The lowest BCUT2D eigenvalue weighted by molar-refractivity contribution is -0.133. The van der Waals surface area contributed by atoms with E-state index in [-0.39, 0.29) is 29.6 Å². The van der Waals surface area contributed by atoms with Gasteiger partial charge in [-0.25, -0.2) is 9.18 Å². The molecule has 2 aliphatic rings. The van der Waals surface area contributed by atoms with Crippen LogP contribution in [0.25, 0.3) is 0 Å². The van der Waals surface area contributed by atoms with Crippen LogP contribution in [0, 0.1) is 11.7 Å². The van der Waals surface area contributed by atoms with Crippen molar-refractivity contribution in [1.29, 1.82) is 0 Å². The summed E-state index contributed by atoms with van der Waals surface area (Å²) in [5, 5.41) is 8.54. The Morgan fingerprint density at radius 1 is 1.09 bits per heavy atom. The van der Waals surface area contributed by atoms with Crippen molar-refractivity contribution in [1.82, 2.24) is 25.8 Å². The molecule has 0 spiro atoms. The van der Waals surface area contributed by atoms with Crippen molar-refractivity contribution in [2.75, 3.05) is 18.5 Å². The maximum Gasteiger partial charge on any atom is 0.325 e. The number of rotatable bonds is 8. The van der Waals surface area contributed by atoms with Crippen molar-refractivity contribution in [2.45, 2.75) is 63.7 Å². The predicted molar refractivity (Wildman–Crippen MR) is 167 cm³/mol. The molecule has 0 aliphatic carbocycles. The van der Waals surface area contributed by atoms with E-state index in [1.807, 2.05) is 24.3 Å². The summed E-state index contributed by atoms with van der Waals surface area (Å²) in [6, 6.07) is 14.8. The number of aromatic nitrogens is 1. The SMILES string of the molecule is CN1C(=O)NC(=O)C2CCC(C(=O)N(c3ccc(C(C)(C)C)cc3)C(C(=O)NCCc3cccc(F)c3)c3cccnc3)NC21. The average molecular weight is 615 g/mol. The third-order valence-corrected chi connectivity index (χ3v) is 8.48. The summed E-state index contributed by atoms with van der Waals surface area (Å²) in [6.07, 6.45) is 3.58. The molecule has 45 heavy (non-hydrogen) atoms. The number of imide groups is 1. The molecular weight excluding hydrogens is 575 g/mol. The highest BCUT2D eigenvalue weighted by molar-refractivity contribution is 6.04. The first kappa shape index (κ1) is 31.8. The number of nitrogens with one attached hydrogen (secondary N) is 3. The molecule has 1 aromatic heterocycles. The topological polar surface area (TPSA) is 124 Å². The van der Waals surface area contributed by atoms with E-state index in [1.54, 1.807) is 43.7 Å². The number of carbonyl (C=O) groups excluding carboxylic acids is 4. The van der Waals surface area contributed by atoms with Crippen LogP contribution >= 0.6 is 0 Å². The van der Waals surface area contributed by atoms with Crippen LogP contribution in [0.15, 0.2) is 73.1 Å². The number of urea groups is 1. The summed E-state index contributed by atoms with van der Waals surface area (Å²) < 4.78 is 13.7. The highest BCUT2D eigenvalue weighted by Crippen LogP contribution is 2.33. The fraction of sp³-hybridized carbons (Fsp3) is 0.382. The minimum absolute atomic E-state index is 0.136. The number of pyridine rings is 1. The zero-order chi connectivity index (χ0) is 32.3. The molecule has 10 nitrogen and oxygen atoms in total. The first-order chi connectivity index (χ1) is 21.4. The van der Waals surface area contributed by atoms with Gasteiger partial charge in [0.2, 0.25) is 17.7 Å². The number of nitrogens with zero attached hydrogens (tertiary/aromatic N) is 3. The average Bonchev–Trinajstić information content (AvgIpc) is 3.02. The number of halogens is 1. The van der Waals surface area contributed by atoms with Gasteiger partial charge in [-0.3, -0.25) is 34.9 Å². The van der Waals surface area contributed by atoms with Crippen LogP contribution in [0.2, 0.25) is 0 Å². The summed E-state index contributed by atoms with van der Waals surface area (Å²) in [4.78, 5) is 60.7. The Hall–Kier alpha value is -4.64. The van der Waals surface area contributed by atoms with Crippen LogP contribution in [-0.4, -0.2) is 59.4 Å². The fourth-order valence-electron chi connectivity index (χ4n) is 5.94. The summed E-state index contributed by atoms with van der Waals surface area (Å²) in [6.45, 7) is 6.50. The zero-order valence-electron chi connectivity index (χ0n) is 25.9. The second-order valence-corrected chi connectivity index (χ2v) is 12.6. The van der Waals surface area contributed by atoms with Gasteiger partial charge in [-0.05, 0) is 66.1 Å². The summed E-state index contributed by atoms with van der Waals surface area (Å²) >= 11 is 0. The first-order valence-electron chi connectivity index (χ1n) is 15.1. The maximum absolute atomic E-state index is 14.6. The number of fused-ring (bicyclic) bond motifs is 1. The lowest BCUT2D eigenvalue weighted by atomic mass is 9.86. The molecular formula is C34H39FN6O4. The molecule has 11 heteroatoms. The minimum Gasteiger partial charge on any atom is -0.354 e. The van der Waals surface area contributed by atoms with Crippen LogP contribution in [0.5, 0.6) is 0 Å². The molecule has 236 valence electrons. The van der Waals surface area contributed by atoms with E-state index >= 15 is 0 Å². The lowest BCUT2D eigenvalue weighted by Crippen LogP contribution is -2.69. The van der Waals surface area contributed by atoms with Crippen LogP contribution < -0.4 is 20.9 Å². The minimum atomic E-state index is -1.09. The molecule has 0 saturated carbocycles. The van der Waals surface area contributed by atoms with Crippen molar-refractivity contribution >= 4 is 29.4 Å². The van der Waals surface area contributed by atoms with Crippen molar-refractivity contribution in [2.24, 2.45) is 5.92 Å². The van der Waals surface area contributed by atoms with Crippen molar-refractivity contribution < 1.29 is 23.6 Å². The Kier molecular flexibility index (Phi) is 9.29. The molecule has 3 heterocycles. The molecule has 4 unspecified atom stereocenters. The Morgan fingerprint density at radius 2 is 1.84 bits per heavy atom. The maximum atomic E-state index is 14.6. The first-order valence-corrected chi connectivity index (χ1v) is 15.1. The molecule has 5 rings (SSSR count). The molecule has 0 bridgehead atoms. The lowest BCUT2D eigenvalue weighted by Gasteiger charge is -2.45. The standard InChI is InChI=1S/C34H39FN6O4/c1-34(2,3)23-10-12-25(13-11-23)41(32(44)27-15-14-26-29(38-27)40(4)33(45)39-30(26)42)28(22-8-6-17-36-20-22)31(43)37-18-16-21-7-5-9-24(35)19-21/h5-13,17,19-20,26-29,38H,14-16,18H2,1-4H3,(H,37,43)(H,39,42,45). The summed E-state index contributed by atoms with van der Waals surface area (Å²) in [5.41, 5.74) is 2.67. The molecule has 3 N–H and O–H groups in total. The van der Waals surface area contributed by atoms with Gasteiger partial charge in [0.25, 0.3) is 0 Å². The number of amides is 5. The van der Waals surface area contributed by atoms with Gasteiger partial charge in [0.05, 0.1) is 18.1 Å². The second-order valence-electron chi connectivity index (χ2n) is 12.6. The number of piperidine rings is 1. The van der Waals surface area contributed by atoms with E-state index in [0.29, 0.717) is 30.5 Å². The molecule has 3 aromatic rings. The van der Waals surface area contributed by atoms with Gasteiger partial charge >= 0.3 is 6.03 Å². The van der Waals surface area contributed by atoms with Gasteiger partial charge in [0.15, 0.2) is 0 Å². The van der Waals surface area contributed by atoms with Crippen LogP contribution in [0.3, 0.4) is 0 Å². The van der Waals surface area contributed by atoms with Crippen LogP contribution in [0.4, 0.5) is 14.9 Å². The monoisotopic (exact) mass is 614 g/mol. The third kappa shape index (κ3) is 7.04. The highest BCUT2D eigenvalue weighted by atomic mass is 19.1. The summed E-state index contributed by atoms with van der Waals surface area (Å²) in [7, 11) is 1.58. The number of benzene rings is 2. The quantitative estimate of drug-likeness (QED) is 0.355. The Labute approximate surface area is 262 Å². The van der Waals surface area contributed by atoms with E-state index in [2.05, 4.69) is 41.7 Å². The number of carbonyl (C=O) groups is 4. The molecule has 2 aliphatic heterocycles. The molecule has 4 atom stereocenters. The van der Waals surface area contributed by atoms with E-state index < -0.39 is 36.1 Å². The van der Waals surface area contributed by atoms with E-state index in [1.165, 1.54) is 21.9 Å². The van der Waals surface area contributed by atoms with Gasteiger partial charge in [-0.2, -0.15) is 0 Å². The smallest absolute Gasteiger partial charge is 0.325 e. The Bertz CT molecular complexity index is 1560. The van der Waals surface area contributed by atoms with Crippen molar-refractivity contribution in [3.8, 4) is 0 Å². The number of hydrogen-bond donors (Lipinski definition) is 3. The molecule has 2 saturated heterocycles. The van der Waals surface area contributed by atoms with Gasteiger partial charge < -0.3 is 10.2 Å². The summed E-state index contributed by atoms with van der Waals surface area (Å²) in [5.74, 6) is -2.03. The van der Waals surface area contributed by atoms with Crippen LogP contribution in [-0.2, 0) is 26.2 Å². The normalized spacial score (nSPS) is 20.6. The van der Waals surface area contributed by atoms with E-state index in [4.69, 9.17) is 0 Å². The van der Waals surface area contributed by atoms with Crippen LogP contribution in [0.1, 0.15) is 56.3 Å². The van der Waals surface area contributed by atoms with Gasteiger partial charge in [-0.1, -0.05) is 51.1 Å². The zero-order valence-corrected chi connectivity index (χ0v) is 25.9. The van der Waals surface area contributed by atoms with E-state index in [0.717, 1.165) is 11.1 Å². The van der Waals surface area contributed by atoms with E-state index in [9.17, 15) is 23.6 Å². The molecule has 5 amide bonds. The molecule has 0 radical (unpaired) electrons. The predicted octanol–water partition coefficient (Wildman–Crippen LogP) is 3.83. The van der Waals surface area contributed by atoms with Gasteiger partial charge in [0.1, 0.15) is 11.9 Å². The van der Waals surface area contributed by atoms with Crippen molar-refractivity contribution in [3.63, 3.8) is 0 Å².